The summed E-state index contributed by atoms with van der Waals surface area (Å²) in [4.78, 5) is 4.35. The Labute approximate surface area is 111 Å². The second-order valence-electron chi connectivity index (χ2n) is 4.96. The van der Waals surface area contributed by atoms with E-state index in [0.29, 0.717) is 5.71 Å². The second kappa shape index (κ2) is 7.85. The Morgan fingerprint density at radius 1 is 1.33 bits per heavy atom. The van der Waals surface area contributed by atoms with Crippen molar-refractivity contribution >= 4 is 11.5 Å². The first kappa shape index (κ1) is 14.7. The van der Waals surface area contributed by atoms with Gasteiger partial charge < -0.3 is 10.7 Å². The molecule has 0 aliphatic heterocycles. The molecule has 0 radical (unpaired) electrons. The third-order valence-electron chi connectivity index (χ3n) is 3.00. The van der Waals surface area contributed by atoms with Crippen LogP contribution in [-0.4, -0.2) is 17.2 Å². The van der Waals surface area contributed by atoms with Gasteiger partial charge in [0.2, 0.25) is 0 Å². The first-order chi connectivity index (χ1) is 8.66. The molecular formula is C15H25N3. The summed E-state index contributed by atoms with van der Waals surface area (Å²) < 4.78 is 0. The van der Waals surface area contributed by atoms with Crippen LogP contribution < -0.4 is 5.32 Å². The largest absolute Gasteiger partial charge is 0.370 e. The van der Waals surface area contributed by atoms with Crippen LogP contribution in [0.15, 0.2) is 18.3 Å². The number of nitrogens with zero attached hydrogens (tertiary/aromatic N) is 1. The van der Waals surface area contributed by atoms with Crippen molar-refractivity contribution in [3.05, 3.63) is 23.9 Å². The van der Waals surface area contributed by atoms with E-state index in [1.54, 1.807) is 6.20 Å². The lowest BCUT2D eigenvalue weighted by atomic mass is 10.0. The molecule has 18 heavy (non-hydrogen) atoms. The Bertz CT molecular complexity index is 372. The smallest absolute Gasteiger partial charge is 0.135 e. The van der Waals surface area contributed by atoms with Gasteiger partial charge in [-0.2, -0.15) is 0 Å². The molecule has 1 rings (SSSR count). The van der Waals surface area contributed by atoms with Gasteiger partial charge in [0.05, 0.1) is 0 Å². The molecular weight excluding hydrogens is 222 g/mol. The molecule has 0 amide bonds. The van der Waals surface area contributed by atoms with Crippen LogP contribution in [0.4, 0.5) is 5.82 Å². The maximum absolute atomic E-state index is 8.09. The number of rotatable bonds is 8. The molecule has 0 atom stereocenters. The van der Waals surface area contributed by atoms with Crippen molar-refractivity contribution < 1.29 is 0 Å². The zero-order chi connectivity index (χ0) is 13.4. The summed E-state index contributed by atoms with van der Waals surface area (Å²) in [5.74, 6) is 1.09. The van der Waals surface area contributed by atoms with E-state index in [-0.39, 0.29) is 5.92 Å². The molecule has 3 nitrogen and oxygen atoms in total. The van der Waals surface area contributed by atoms with Gasteiger partial charge in [0.1, 0.15) is 5.82 Å². The highest BCUT2D eigenvalue weighted by atomic mass is 15.0. The van der Waals surface area contributed by atoms with Gasteiger partial charge in [-0.25, -0.2) is 4.98 Å². The predicted molar refractivity (Wildman–Crippen MR) is 78.5 cm³/mol. The van der Waals surface area contributed by atoms with Gasteiger partial charge in [-0.15, -0.1) is 0 Å². The van der Waals surface area contributed by atoms with Gasteiger partial charge in [0.25, 0.3) is 0 Å². The van der Waals surface area contributed by atoms with Gasteiger partial charge in [-0.1, -0.05) is 40.0 Å². The van der Waals surface area contributed by atoms with E-state index in [1.807, 2.05) is 26.0 Å². The summed E-state index contributed by atoms with van der Waals surface area (Å²) in [6.07, 6.45) is 6.75. The Morgan fingerprint density at radius 3 is 2.78 bits per heavy atom. The SMILES string of the molecule is CCCCCCNc1ncccc1C(=N)C(C)C. The van der Waals surface area contributed by atoms with E-state index in [0.717, 1.165) is 17.9 Å². The van der Waals surface area contributed by atoms with Gasteiger partial charge in [0, 0.05) is 24.0 Å². The van der Waals surface area contributed by atoms with Gasteiger partial charge in [0.15, 0.2) is 0 Å². The summed E-state index contributed by atoms with van der Waals surface area (Å²) >= 11 is 0. The number of aromatic nitrogens is 1. The highest BCUT2D eigenvalue weighted by Gasteiger charge is 2.11. The molecule has 2 N–H and O–H groups in total. The number of hydrogen-bond acceptors (Lipinski definition) is 3. The first-order valence-electron chi connectivity index (χ1n) is 6.94. The fourth-order valence-electron chi connectivity index (χ4n) is 1.83. The molecule has 0 aromatic carbocycles. The minimum absolute atomic E-state index is 0.231. The molecule has 0 bridgehead atoms. The Balaban J connectivity index is 2.57. The van der Waals surface area contributed by atoms with Crippen LogP contribution in [0.3, 0.4) is 0 Å². The fraction of sp³-hybridized carbons (Fsp3) is 0.600. The summed E-state index contributed by atoms with van der Waals surface area (Å²) in [5.41, 5.74) is 1.59. The van der Waals surface area contributed by atoms with E-state index in [9.17, 15) is 0 Å². The molecule has 0 fully saturated rings. The molecule has 1 aromatic heterocycles. The monoisotopic (exact) mass is 247 g/mol. The highest BCUT2D eigenvalue weighted by Crippen LogP contribution is 2.16. The molecule has 3 heteroatoms. The second-order valence-corrected chi connectivity index (χ2v) is 4.96. The molecule has 0 spiro atoms. The number of hydrogen-bond donors (Lipinski definition) is 2. The van der Waals surface area contributed by atoms with Crippen molar-refractivity contribution in [1.29, 1.82) is 5.41 Å². The van der Waals surface area contributed by atoms with E-state index >= 15 is 0 Å². The molecule has 1 aromatic rings. The standard InChI is InChI=1S/C15H25N3/c1-4-5-6-7-10-17-15-13(9-8-11-18-15)14(16)12(2)3/h8-9,11-12,16H,4-7,10H2,1-3H3,(H,17,18). The van der Waals surface area contributed by atoms with Crippen molar-refractivity contribution in [2.75, 3.05) is 11.9 Å². The zero-order valence-corrected chi connectivity index (χ0v) is 11.8. The van der Waals surface area contributed by atoms with Crippen LogP contribution in [0.2, 0.25) is 0 Å². The van der Waals surface area contributed by atoms with Crippen molar-refractivity contribution in [3.63, 3.8) is 0 Å². The van der Waals surface area contributed by atoms with E-state index in [1.165, 1.54) is 25.7 Å². The van der Waals surface area contributed by atoms with Crippen LogP contribution >= 0.6 is 0 Å². The number of unbranched alkanes of at least 4 members (excludes halogenated alkanes) is 3. The molecule has 0 unspecified atom stereocenters. The average molecular weight is 247 g/mol. The normalized spacial score (nSPS) is 10.7. The van der Waals surface area contributed by atoms with Gasteiger partial charge in [-0.3, -0.25) is 0 Å². The van der Waals surface area contributed by atoms with Crippen LogP contribution in [0.5, 0.6) is 0 Å². The molecule has 0 saturated heterocycles. The topological polar surface area (TPSA) is 48.8 Å². The van der Waals surface area contributed by atoms with Gasteiger partial charge in [-0.05, 0) is 24.5 Å². The van der Waals surface area contributed by atoms with Crippen LogP contribution in [-0.2, 0) is 0 Å². The summed E-state index contributed by atoms with van der Waals surface area (Å²) in [6, 6.07) is 3.87. The molecule has 0 aliphatic carbocycles. The maximum Gasteiger partial charge on any atom is 0.135 e. The number of pyridine rings is 1. The molecule has 0 aliphatic rings. The van der Waals surface area contributed by atoms with Crippen molar-refractivity contribution in [3.8, 4) is 0 Å². The summed E-state index contributed by atoms with van der Waals surface area (Å²) in [5, 5.41) is 11.4. The Hall–Kier alpha value is -1.38. The molecule has 100 valence electrons. The van der Waals surface area contributed by atoms with Crippen LogP contribution in [0.25, 0.3) is 0 Å². The lowest BCUT2D eigenvalue weighted by molar-refractivity contribution is 0.684. The molecule has 1 heterocycles. The minimum Gasteiger partial charge on any atom is -0.370 e. The molecule has 0 saturated carbocycles. The van der Waals surface area contributed by atoms with Crippen LogP contribution in [0.1, 0.15) is 52.0 Å². The fourth-order valence-corrected chi connectivity index (χ4v) is 1.83. The Morgan fingerprint density at radius 2 is 2.11 bits per heavy atom. The van der Waals surface area contributed by atoms with Gasteiger partial charge >= 0.3 is 0 Å². The zero-order valence-electron chi connectivity index (χ0n) is 11.8. The van der Waals surface area contributed by atoms with Crippen LogP contribution in [0, 0.1) is 11.3 Å². The maximum atomic E-state index is 8.09. The van der Waals surface area contributed by atoms with E-state index in [2.05, 4.69) is 17.2 Å². The lowest BCUT2D eigenvalue weighted by Gasteiger charge is -2.13. The average Bonchev–Trinajstić information content (AvgIpc) is 2.38. The third kappa shape index (κ3) is 4.47. The number of nitrogens with one attached hydrogen (secondary N) is 2. The summed E-state index contributed by atoms with van der Waals surface area (Å²) in [6.45, 7) is 7.24. The van der Waals surface area contributed by atoms with Crippen molar-refractivity contribution in [2.45, 2.75) is 46.5 Å². The quantitative estimate of drug-likeness (QED) is 0.537. The Kier molecular flexibility index (Phi) is 6.40. The first-order valence-corrected chi connectivity index (χ1v) is 6.94. The van der Waals surface area contributed by atoms with Crippen molar-refractivity contribution in [1.82, 2.24) is 4.98 Å². The highest BCUT2D eigenvalue weighted by molar-refractivity contribution is 6.03. The third-order valence-corrected chi connectivity index (χ3v) is 3.00. The lowest BCUT2D eigenvalue weighted by Crippen LogP contribution is -2.13. The minimum atomic E-state index is 0.231. The summed E-state index contributed by atoms with van der Waals surface area (Å²) in [7, 11) is 0. The predicted octanol–water partition coefficient (Wildman–Crippen LogP) is 4.10. The number of anilines is 1. The van der Waals surface area contributed by atoms with E-state index in [4.69, 9.17) is 5.41 Å². The van der Waals surface area contributed by atoms with E-state index < -0.39 is 0 Å². The van der Waals surface area contributed by atoms with Crippen molar-refractivity contribution in [2.24, 2.45) is 5.92 Å².